The first kappa shape index (κ1) is 33.8. The maximum Gasteiger partial charge on any atom is 0.124 e. The van der Waals surface area contributed by atoms with E-state index < -0.39 is 6.17 Å². The van der Waals surface area contributed by atoms with Crippen LogP contribution in [0.2, 0.25) is 0 Å². The van der Waals surface area contributed by atoms with Crippen LogP contribution in [0.4, 0.5) is 4.39 Å². The molecule has 0 heterocycles. The molecular formula is C31H63F. The zero-order chi connectivity index (χ0) is 24.8. The molecule has 5 unspecified atom stereocenters. The van der Waals surface area contributed by atoms with E-state index in [-0.39, 0.29) is 5.92 Å². The standard InChI is InChI=1S/C22H41F.C5H12.C4H10/c1-6-7-10-17(2)11-8-12-18(3)19(4)15-16-21-14-9-13-20(5)22(21)23;1-3-5-4-2;1-3-4-2/h14,17-20,22H,6-13,15-16H2,1-5H3;3-5H2,1-2H3;3-4H2,1-2H3. The summed E-state index contributed by atoms with van der Waals surface area (Å²) in [5, 5.41) is 0. The van der Waals surface area contributed by atoms with Crippen molar-refractivity contribution in [3.63, 3.8) is 0 Å². The van der Waals surface area contributed by atoms with Crippen molar-refractivity contribution in [1.82, 2.24) is 0 Å². The second-order valence-electron chi connectivity index (χ2n) is 10.8. The fraction of sp³-hybridized carbons (Fsp3) is 0.935. The Labute approximate surface area is 204 Å². The highest BCUT2D eigenvalue weighted by molar-refractivity contribution is 5.13. The minimum Gasteiger partial charge on any atom is -0.242 e. The fourth-order valence-electron chi connectivity index (χ4n) is 4.20. The van der Waals surface area contributed by atoms with Crippen LogP contribution in [0, 0.1) is 23.7 Å². The first-order valence-electron chi connectivity index (χ1n) is 14.6. The topological polar surface area (TPSA) is 0 Å². The Balaban J connectivity index is 0. The average Bonchev–Trinajstić information content (AvgIpc) is 2.79. The zero-order valence-electron chi connectivity index (χ0n) is 23.9. The molecule has 0 amide bonds. The van der Waals surface area contributed by atoms with Gasteiger partial charge in [-0.15, -0.1) is 0 Å². The summed E-state index contributed by atoms with van der Waals surface area (Å²) < 4.78 is 14.2. The number of allylic oxidation sites excluding steroid dienone is 2. The van der Waals surface area contributed by atoms with Crippen molar-refractivity contribution in [3.05, 3.63) is 11.6 Å². The monoisotopic (exact) mass is 454 g/mol. The minimum absolute atomic E-state index is 0.229. The van der Waals surface area contributed by atoms with Gasteiger partial charge in [-0.25, -0.2) is 4.39 Å². The first-order chi connectivity index (χ1) is 15.3. The van der Waals surface area contributed by atoms with E-state index in [9.17, 15) is 4.39 Å². The molecule has 0 saturated heterocycles. The normalized spacial score (nSPS) is 20.8. The molecule has 194 valence electrons. The van der Waals surface area contributed by atoms with E-state index in [2.05, 4.69) is 68.4 Å². The van der Waals surface area contributed by atoms with E-state index in [1.54, 1.807) is 0 Å². The largest absolute Gasteiger partial charge is 0.242 e. The van der Waals surface area contributed by atoms with Crippen molar-refractivity contribution in [2.75, 3.05) is 0 Å². The van der Waals surface area contributed by atoms with Crippen molar-refractivity contribution in [2.24, 2.45) is 23.7 Å². The zero-order valence-corrected chi connectivity index (χ0v) is 23.9. The highest BCUT2D eigenvalue weighted by atomic mass is 19.1. The summed E-state index contributed by atoms with van der Waals surface area (Å²) in [5.74, 6) is 2.60. The first-order valence-corrected chi connectivity index (χ1v) is 14.6. The maximum absolute atomic E-state index is 14.2. The van der Waals surface area contributed by atoms with Crippen LogP contribution in [-0.4, -0.2) is 6.17 Å². The summed E-state index contributed by atoms with van der Waals surface area (Å²) in [7, 11) is 0. The smallest absolute Gasteiger partial charge is 0.124 e. The van der Waals surface area contributed by atoms with Crippen LogP contribution in [-0.2, 0) is 0 Å². The highest BCUT2D eigenvalue weighted by Crippen LogP contribution is 2.32. The molecule has 0 aromatic carbocycles. The minimum atomic E-state index is -0.675. The number of halogens is 1. The van der Waals surface area contributed by atoms with Gasteiger partial charge in [0, 0.05) is 0 Å². The number of hydrogen-bond donors (Lipinski definition) is 0. The van der Waals surface area contributed by atoms with Gasteiger partial charge in [-0.1, -0.05) is 139 Å². The van der Waals surface area contributed by atoms with E-state index in [4.69, 9.17) is 0 Å². The predicted molar refractivity (Wildman–Crippen MR) is 147 cm³/mol. The van der Waals surface area contributed by atoms with Crippen LogP contribution in [0.3, 0.4) is 0 Å². The Bertz CT molecular complexity index is 395. The lowest BCUT2D eigenvalue weighted by Crippen LogP contribution is -2.20. The van der Waals surface area contributed by atoms with Crippen molar-refractivity contribution in [1.29, 1.82) is 0 Å². The molecule has 0 aliphatic heterocycles. The van der Waals surface area contributed by atoms with Gasteiger partial charge in [0.1, 0.15) is 6.17 Å². The van der Waals surface area contributed by atoms with Crippen molar-refractivity contribution >= 4 is 0 Å². The van der Waals surface area contributed by atoms with Crippen molar-refractivity contribution < 1.29 is 4.39 Å². The molecule has 0 aromatic heterocycles. The Morgan fingerprint density at radius 3 is 1.78 bits per heavy atom. The molecule has 1 heteroatoms. The molecule has 0 bridgehead atoms. The van der Waals surface area contributed by atoms with Crippen LogP contribution in [0.1, 0.15) is 159 Å². The average molecular weight is 455 g/mol. The number of unbranched alkanes of at least 4 members (excludes halogenated alkanes) is 4. The molecule has 0 radical (unpaired) electrons. The molecule has 5 atom stereocenters. The number of hydrogen-bond acceptors (Lipinski definition) is 0. The lowest BCUT2D eigenvalue weighted by molar-refractivity contribution is 0.246. The van der Waals surface area contributed by atoms with Gasteiger partial charge in [0.15, 0.2) is 0 Å². The highest BCUT2D eigenvalue weighted by Gasteiger charge is 2.24. The molecule has 0 saturated carbocycles. The molecular weight excluding hydrogens is 391 g/mol. The SMILES string of the molecule is CCCC.CCCCC.CCCCC(C)CCCC(C)C(C)CCC1=CCCC(C)C1F. The Morgan fingerprint density at radius 2 is 1.28 bits per heavy atom. The van der Waals surface area contributed by atoms with E-state index >= 15 is 0 Å². The third-order valence-electron chi connectivity index (χ3n) is 7.36. The third-order valence-corrected chi connectivity index (χ3v) is 7.36. The second kappa shape index (κ2) is 23.8. The summed E-state index contributed by atoms with van der Waals surface area (Å²) in [4.78, 5) is 0. The number of alkyl halides is 1. The third kappa shape index (κ3) is 19.2. The molecule has 1 aliphatic rings. The van der Waals surface area contributed by atoms with Crippen molar-refractivity contribution in [3.8, 4) is 0 Å². The van der Waals surface area contributed by atoms with Gasteiger partial charge in [-0.3, -0.25) is 0 Å². The van der Waals surface area contributed by atoms with Gasteiger partial charge in [-0.2, -0.15) is 0 Å². The van der Waals surface area contributed by atoms with Gasteiger partial charge in [0.05, 0.1) is 0 Å². The van der Waals surface area contributed by atoms with Gasteiger partial charge in [-0.05, 0) is 54.9 Å². The van der Waals surface area contributed by atoms with Gasteiger partial charge >= 0.3 is 0 Å². The Hall–Kier alpha value is -0.330. The number of rotatable bonds is 14. The van der Waals surface area contributed by atoms with Crippen LogP contribution in [0.15, 0.2) is 11.6 Å². The lowest BCUT2D eigenvalue weighted by Gasteiger charge is -2.26. The van der Waals surface area contributed by atoms with E-state index in [1.165, 1.54) is 70.6 Å². The second-order valence-corrected chi connectivity index (χ2v) is 10.8. The molecule has 32 heavy (non-hydrogen) atoms. The fourth-order valence-corrected chi connectivity index (χ4v) is 4.20. The van der Waals surface area contributed by atoms with Crippen LogP contribution in [0.25, 0.3) is 0 Å². The maximum atomic E-state index is 14.2. The van der Waals surface area contributed by atoms with Gasteiger partial charge < -0.3 is 0 Å². The predicted octanol–water partition coefficient (Wildman–Crippen LogP) is 11.7. The lowest BCUT2D eigenvalue weighted by atomic mass is 9.82. The van der Waals surface area contributed by atoms with E-state index in [1.807, 2.05) is 0 Å². The molecule has 0 aromatic rings. The summed E-state index contributed by atoms with van der Waals surface area (Å²) >= 11 is 0. The quantitative estimate of drug-likeness (QED) is 0.229. The molecule has 1 rings (SSSR count). The summed E-state index contributed by atoms with van der Waals surface area (Å²) in [6.45, 7) is 20.3. The molecule has 0 nitrogen and oxygen atoms in total. The Morgan fingerprint density at radius 1 is 0.750 bits per heavy atom. The molecule has 0 spiro atoms. The summed E-state index contributed by atoms with van der Waals surface area (Å²) in [6.07, 6.45) is 20.6. The Kier molecular flexibility index (Phi) is 25.2. The van der Waals surface area contributed by atoms with Gasteiger partial charge in [0.25, 0.3) is 0 Å². The van der Waals surface area contributed by atoms with Gasteiger partial charge in [0.2, 0.25) is 0 Å². The van der Waals surface area contributed by atoms with Crippen LogP contribution >= 0.6 is 0 Å². The molecule has 0 fully saturated rings. The van der Waals surface area contributed by atoms with Crippen LogP contribution in [0.5, 0.6) is 0 Å². The molecule has 0 N–H and O–H groups in total. The van der Waals surface area contributed by atoms with E-state index in [0.29, 0.717) is 5.92 Å². The van der Waals surface area contributed by atoms with E-state index in [0.717, 1.165) is 43.1 Å². The summed E-state index contributed by atoms with van der Waals surface area (Å²) in [6, 6.07) is 0. The summed E-state index contributed by atoms with van der Waals surface area (Å²) in [5.41, 5.74) is 1.09. The van der Waals surface area contributed by atoms with Crippen molar-refractivity contribution in [2.45, 2.75) is 165 Å². The molecule has 1 aliphatic carbocycles. The van der Waals surface area contributed by atoms with Crippen LogP contribution < -0.4 is 0 Å².